The number of rotatable bonds is 4. The molecule has 0 saturated carbocycles. The second-order valence-corrected chi connectivity index (χ2v) is 5.18. The van der Waals surface area contributed by atoms with E-state index in [0.717, 1.165) is 17.7 Å². The molecule has 0 aliphatic heterocycles. The number of nitrogens with two attached hydrogens (primary N) is 1. The molecule has 3 N–H and O–H groups in total. The van der Waals surface area contributed by atoms with Crippen LogP contribution in [0.3, 0.4) is 0 Å². The summed E-state index contributed by atoms with van der Waals surface area (Å²) in [6.45, 7) is 6.33. The number of nitrogens with one attached hydrogen (secondary N) is 1. The van der Waals surface area contributed by atoms with Gasteiger partial charge in [-0.15, -0.1) is 0 Å². The molecule has 1 aromatic carbocycles. The van der Waals surface area contributed by atoms with E-state index in [0.29, 0.717) is 0 Å². The standard InChI is InChI=1S/C15H22N4/c1-10-5-6-13(7-11(10)2)8-14(18-16)15-12(3)9-17-19(15)4/h5-7,9,14,18H,8,16H2,1-4H3. The first-order chi connectivity index (χ1) is 9.02. The average Bonchev–Trinajstić information content (AvgIpc) is 2.71. The predicted molar refractivity (Wildman–Crippen MR) is 77.6 cm³/mol. The summed E-state index contributed by atoms with van der Waals surface area (Å²) in [6.07, 6.45) is 2.73. The largest absolute Gasteiger partial charge is 0.271 e. The van der Waals surface area contributed by atoms with Crippen LogP contribution in [0.4, 0.5) is 0 Å². The second kappa shape index (κ2) is 5.55. The monoisotopic (exact) mass is 258 g/mol. The molecule has 102 valence electrons. The minimum absolute atomic E-state index is 0.0783. The number of aryl methyl sites for hydroxylation is 4. The number of hydrazine groups is 1. The Morgan fingerprint density at radius 1 is 1.21 bits per heavy atom. The van der Waals surface area contributed by atoms with Gasteiger partial charge >= 0.3 is 0 Å². The van der Waals surface area contributed by atoms with Gasteiger partial charge in [0.25, 0.3) is 0 Å². The van der Waals surface area contributed by atoms with Gasteiger partial charge < -0.3 is 0 Å². The average molecular weight is 258 g/mol. The van der Waals surface area contributed by atoms with Crippen LogP contribution in [0.5, 0.6) is 0 Å². The third-order valence-corrected chi connectivity index (χ3v) is 3.72. The molecule has 0 radical (unpaired) electrons. The van der Waals surface area contributed by atoms with Gasteiger partial charge in [-0.2, -0.15) is 5.10 Å². The van der Waals surface area contributed by atoms with Gasteiger partial charge in [0.15, 0.2) is 0 Å². The summed E-state index contributed by atoms with van der Waals surface area (Å²) in [5.74, 6) is 5.73. The Hall–Kier alpha value is -1.65. The third-order valence-electron chi connectivity index (χ3n) is 3.72. The van der Waals surface area contributed by atoms with Crippen molar-refractivity contribution >= 4 is 0 Å². The van der Waals surface area contributed by atoms with Crippen molar-refractivity contribution in [3.05, 3.63) is 52.3 Å². The molecule has 1 unspecified atom stereocenters. The van der Waals surface area contributed by atoms with E-state index in [2.05, 4.69) is 49.5 Å². The van der Waals surface area contributed by atoms with Crippen LogP contribution in [0.15, 0.2) is 24.4 Å². The molecule has 4 heteroatoms. The molecule has 0 aliphatic carbocycles. The Labute approximate surface area is 114 Å². The molecule has 0 amide bonds. The highest BCUT2D eigenvalue weighted by molar-refractivity contribution is 5.31. The minimum atomic E-state index is 0.0783. The number of benzene rings is 1. The van der Waals surface area contributed by atoms with Crippen LogP contribution in [0.25, 0.3) is 0 Å². The van der Waals surface area contributed by atoms with Crippen molar-refractivity contribution in [3.8, 4) is 0 Å². The third kappa shape index (κ3) is 2.85. The summed E-state index contributed by atoms with van der Waals surface area (Å²) in [7, 11) is 1.95. The first kappa shape index (κ1) is 13.8. The van der Waals surface area contributed by atoms with Crippen molar-refractivity contribution < 1.29 is 0 Å². The van der Waals surface area contributed by atoms with E-state index >= 15 is 0 Å². The lowest BCUT2D eigenvalue weighted by Gasteiger charge is -2.18. The summed E-state index contributed by atoms with van der Waals surface area (Å²) in [4.78, 5) is 0. The zero-order chi connectivity index (χ0) is 14.0. The summed E-state index contributed by atoms with van der Waals surface area (Å²) in [6, 6.07) is 6.63. The fourth-order valence-electron chi connectivity index (χ4n) is 2.46. The topological polar surface area (TPSA) is 55.9 Å². The Morgan fingerprint density at radius 2 is 1.95 bits per heavy atom. The molecule has 0 saturated heterocycles. The molecule has 0 bridgehead atoms. The Bertz CT molecular complexity index is 552. The lowest BCUT2D eigenvalue weighted by Crippen LogP contribution is -2.31. The highest BCUT2D eigenvalue weighted by Gasteiger charge is 2.17. The normalized spacial score (nSPS) is 12.7. The number of aromatic nitrogens is 2. The first-order valence-corrected chi connectivity index (χ1v) is 6.53. The molecule has 1 atom stereocenters. The van der Waals surface area contributed by atoms with E-state index in [-0.39, 0.29) is 6.04 Å². The molecule has 2 rings (SSSR count). The first-order valence-electron chi connectivity index (χ1n) is 6.53. The maximum atomic E-state index is 5.73. The van der Waals surface area contributed by atoms with Crippen molar-refractivity contribution in [1.82, 2.24) is 15.2 Å². The zero-order valence-corrected chi connectivity index (χ0v) is 12.1. The van der Waals surface area contributed by atoms with Crippen molar-refractivity contribution in [2.75, 3.05) is 0 Å². The van der Waals surface area contributed by atoms with Crippen LogP contribution in [-0.2, 0) is 13.5 Å². The van der Waals surface area contributed by atoms with Gasteiger partial charge in [-0.3, -0.25) is 16.0 Å². The highest BCUT2D eigenvalue weighted by atomic mass is 15.3. The molecular formula is C15H22N4. The van der Waals surface area contributed by atoms with E-state index in [1.54, 1.807) is 0 Å². The van der Waals surface area contributed by atoms with Crippen LogP contribution >= 0.6 is 0 Å². The van der Waals surface area contributed by atoms with Crippen molar-refractivity contribution in [2.24, 2.45) is 12.9 Å². The number of hydrogen-bond acceptors (Lipinski definition) is 3. The molecule has 1 aromatic heterocycles. The lowest BCUT2D eigenvalue weighted by atomic mass is 9.98. The van der Waals surface area contributed by atoms with E-state index < -0.39 is 0 Å². The van der Waals surface area contributed by atoms with Gasteiger partial charge in [-0.05, 0) is 49.4 Å². The number of nitrogens with zero attached hydrogens (tertiary/aromatic N) is 2. The maximum Gasteiger partial charge on any atom is 0.0671 e. The van der Waals surface area contributed by atoms with Gasteiger partial charge in [0.1, 0.15) is 0 Å². The molecular weight excluding hydrogens is 236 g/mol. The van der Waals surface area contributed by atoms with Gasteiger partial charge in [0, 0.05) is 7.05 Å². The molecule has 1 heterocycles. The minimum Gasteiger partial charge on any atom is -0.271 e. The fourth-order valence-corrected chi connectivity index (χ4v) is 2.46. The van der Waals surface area contributed by atoms with Gasteiger partial charge in [-0.25, -0.2) is 0 Å². The smallest absolute Gasteiger partial charge is 0.0671 e. The quantitative estimate of drug-likeness (QED) is 0.652. The molecule has 2 aromatic rings. The zero-order valence-electron chi connectivity index (χ0n) is 12.1. The maximum absolute atomic E-state index is 5.73. The van der Waals surface area contributed by atoms with E-state index in [4.69, 9.17) is 5.84 Å². The Morgan fingerprint density at radius 3 is 2.47 bits per heavy atom. The van der Waals surface area contributed by atoms with E-state index in [1.165, 1.54) is 16.7 Å². The van der Waals surface area contributed by atoms with Gasteiger partial charge in [0.2, 0.25) is 0 Å². The van der Waals surface area contributed by atoms with Gasteiger partial charge in [0.05, 0.1) is 17.9 Å². The van der Waals surface area contributed by atoms with Crippen molar-refractivity contribution in [3.63, 3.8) is 0 Å². The molecule has 0 aliphatic rings. The summed E-state index contributed by atoms with van der Waals surface area (Å²) >= 11 is 0. The van der Waals surface area contributed by atoms with Crippen molar-refractivity contribution in [2.45, 2.75) is 33.2 Å². The van der Waals surface area contributed by atoms with Crippen LogP contribution in [0.1, 0.15) is 34.0 Å². The molecule has 0 fully saturated rings. The van der Waals surface area contributed by atoms with Crippen LogP contribution in [0.2, 0.25) is 0 Å². The van der Waals surface area contributed by atoms with E-state index in [1.807, 2.05) is 17.9 Å². The fraction of sp³-hybridized carbons (Fsp3) is 0.400. The molecule has 4 nitrogen and oxygen atoms in total. The van der Waals surface area contributed by atoms with Gasteiger partial charge in [-0.1, -0.05) is 18.2 Å². The van der Waals surface area contributed by atoms with E-state index in [9.17, 15) is 0 Å². The second-order valence-electron chi connectivity index (χ2n) is 5.18. The SMILES string of the molecule is Cc1ccc(CC(NN)c2c(C)cnn2C)cc1C. The Balaban J connectivity index is 2.26. The van der Waals surface area contributed by atoms with Crippen molar-refractivity contribution in [1.29, 1.82) is 0 Å². The lowest BCUT2D eigenvalue weighted by molar-refractivity contribution is 0.506. The Kier molecular flexibility index (Phi) is 4.02. The predicted octanol–water partition coefficient (Wildman–Crippen LogP) is 2.09. The van der Waals surface area contributed by atoms with Crippen LogP contribution in [0, 0.1) is 20.8 Å². The summed E-state index contributed by atoms with van der Waals surface area (Å²) in [5, 5.41) is 4.28. The summed E-state index contributed by atoms with van der Waals surface area (Å²) in [5.41, 5.74) is 9.12. The molecule has 19 heavy (non-hydrogen) atoms. The van der Waals surface area contributed by atoms with Crippen LogP contribution in [-0.4, -0.2) is 9.78 Å². The van der Waals surface area contributed by atoms with Crippen LogP contribution < -0.4 is 11.3 Å². The number of hydrogen-bond donors (Lipinski definition) is 2. The summed E-state index contributed by atoms with van der Waals surface area (Å²) < 4.78 is 1.89. The molecule has 0 spiro atoms. The highest BCUT2D eigenvalue weighted by Crippen LogP contribution is 2.21.